The maximum absolute atomic E-state index is 11.4. The standard InChI is InChI=1S/C11H12O3/c1-7-6-9-8(11(12)13-2)4-3-5-10(9)14-7/h3-5,7H,6H2,1-2H3. The minimum absolute atomic E-state index is 0.149. The number of ether oxygens (including phenoxy) is 2. The second-order valence-corrected chi connectivity index (χ2v) is 3.41. The number of hydrogen-bond donors (Lipinski definition) is 0. The Kier molecular flexibility index (Phi) is 2.15. The fraction of sp³-hybridized carbons (Fsp3) is 0.364. The van der Waals surface area contributed by atoms with E-state index in [0.717, 1.165) is 17.7 Å². The Hall–Kier alpha value is -1.51. The van der Waals surface area contributed by atoms with Crippen molar-refractivity contribution in [1.29, 1.82) is 0 Å². The van der Waals surface area contributed by atoms with Crippen molar-refractivity contribution in [2.24, 2.45) is 0 Å². The Morgan fingerprint density at radius 1 is 1.57 bits per heavy atom. The average molecular weight is 192 g/mol. The number of methoxy groups -OCH3 is 1. The van der Waals surface area contributed by atoms with Gasteiger partial charge in [0, 0.05) is 12.0 Å². The fourth-order valence-corrected chi connectivity index (χ4v) is 1.73. The second-order valence-electron chi connectivity index (χ2n) is 3.41. The van der Waals surface area contributed by atoms with E-state index in [1.54, 1.807) is 6.07 Å². The van der Waals surface area contributed by atoms with Gasteiger partial charge in [-0.3, -0.25) is 0 Å². The lowest BCUT2D eigenvalue weighted by atomic mass is 10.0. The summed E-state index contributed by atoms with van der Waals surface area (Å²) in [5.74, 6) is 0.514. The quantitative estimate of drug-likeness (QED) is 0.636. The Labute approximate surface area is 82.6 Å². The summed E-state index contributed by atoms with van der Waals surface area (Å²) in [6.07, 6.45) is 0.927. The fourth-order valence-electron chi connectivity index (χ4n) is 1.73. The number of esters is 1. The van der Waals surface area contributed by atoms with E-state index < -0.39 is 0 Å². The molecule has 1 aliphatic rings. The molecule has 74 valence electrons. The zero-order valence-electron chi connectivity index (χ0n) is 8.24. The number of carbonyl (C=O) groups is 1. The lowest BCUT2D eigenvalue weighted by molar-refractivity contribution is 0.0599. The molecule has 0 saturated carbocycles. The first-order valence-electron chi connectivity index (χ1n) is 4.59. The average Bonchev–Trinajstić information content (AvgIpc) is 2.56. The molecule has 0 radical (unpaired) electrons. The Bertz CT molecular complexity index is 371. The van der Waals surface area contributed by atoms with Gasteiger partial charge in [-0.15, -0.1) is 0 Å². The molecule has 0 amide bonds. The van der Waals surface area contributed by atoms with Gasteiger partial charge in [0.25, 0.3) is 0 Å². The topological polar surface area (TPSA) is 35.5 Å². The van der Waals surface area contributed by atoms with E-state index in [9.17, 15) is 4.79 Å². The van der Waals surface area contributed by atoms with Gasteiger partial charge in [-0.25, -0.2) is 4.79 Å². The summed E-state index contributed by atoms with van der Waals surface area (Å²) in [6, 6.07) is 5.46. The molecular weight excluding hydrogens is 180 g/mol. The van der Waals surface area contributed by atoms with Crippen molar-refractivity contribution in [2.45, 2.75) is 19.4 Å². The van der Waals surface area contributed by atoms with Gasteiger partial charge in [0.05, 0.1) is 12.7 Å². The van der Waals surface area contributed by atoms with Crippen molar-refractivity contribution in [3.05, 3.63) is 29.3 Å². The van der Waals surface area contributed by atoms with E-state index in [2.05, 4.69) is 0 Å². The predicted molar refractivity (Wildman–Crippen MR) is 51.6 cm³/mol. The lowest BCUT2D eigenvalue weighted by Gasteiger charge is -2.03. The molecule has 14 heavy (non-hydrogen) atoms. The van der Waals surface area contributed by atoms with Crippen LogP contribution >= 0.6 is 0 Å². The molecule has 2 rings (SSSR count). The molecular formula is C11H12O3. The molecule has 1 aromatic rings. The van der Waals surface area contributed by atoms with Gasteiger partial charge in [-0.1, -0.05) is 6.07 Å². The summed E-state index contributed by atoms with van der Waals surface area (Å²) in [5.41, 5.74) is 1.58. The monoisotopic (exact) mass is 192 g/mol. The molecule has 1 aliphatic heterocycles. The minimum Gasteiger partial charge on any atom is -0.490 e. The van der Waals surface area contributed by atoms with Crippen molar-refractivity contribution in [1.82, 2.24) is 0 Å². The van der Waals surface area contributed by atoms with Crippen LogP contribution in [-0.2, 0) is 11.2 Å². The van der Waals surface area contributed by atoms with Crippen molar-refractivity contribution in [2.75, 3.05) is 7.11 Å². The molecule has 1 unspecified atom stereocenters. The van der Waals surface area contributed by atoms with Crippen LogP contribution < -0.4 is 4.74 Å². The normalized spacial score (nSPS) is 18.6. The van der Waals surface area contributed by atoms with Crippen molar-refractivity contribution in [3.8, 4) is 5.75 Å². The van der Waals surface area contributed by atoms with Gasteiger partial charge >= 0.3 is 5.97 Å². The molecule has 3 nitrogen and oxygen atoms in total. The van der Waals surface area contributed by atoms with Crippen LogP contribution in [0.15, 0.2) is 18.2 Å². The third-order valence-corrected chi connectivity index (χ3v) is 2.36. The van der Waals surface area contributed by atoms with Gasteiger partial charge < -0.3 is 9.47 Å². The summed E-state index contributed by atoms with van der Waals surface area (Å²) in [5, 5.41) is 0. The number of benzene rings is 1. The maximum Gasteiger partial charge on any atom is 0.338 e. The molecule has 3 heteroatoms. The lowest BCUT2D eigenvalue weighted by Crippen LogP contribution is -2.07. The van der Waals surface area contributed by atoms with E-state index >= 15 is 0 Å². The van der Waals surface area contributed by atoms with E-state index in [1.165, 1.54) is 7.11 Å². The van der Waals surface area contributed by atoms with E-state index in [4.69, 9.17) is 9.47 Å². The number of carbonyl (C=O) groups excluding carboxylic acids is 1. The summed E-state index contributed by atoms with van der Waals surface area (Å²) in [4.78, 5) is 11.4. The van der Waals surface area contributed by atoms with Crippen LogP contribution in [-0.4, -0.2) is 19.2 Å². The summed E-state index contributed by atoms with van der Waals surface area (Å²) in [7, 11) is 1.39. The third-order valence-electron chi connectivity index (χ3n) is 2.36. The summed E-state index contributed by atoms with van der Waals surface area (Å²) >= 11 is 0. The molecule has 0 aliphatic carbocycles. The van der Waals surface area contributed by atoms with Gasteiger partial charge in [-0.2, -0.15) is 0 Å². The van der Waals surface area contributed by atoms with Crippen molar-refractivity contribution >= 4 is 5.97 Å². The minimum atomic E-state index is -0.292. The largest absolute Gasteiger partial charge is 0.490 e. The highest BCUT2D eigenvalue weighted by molar-refractivity contribution is 5.92. The Morgan fingerprint density at radius 2 is 2.36 bits per heavy atom. The summed E-state index contributed by atoms with van der Waals surface area (Å²) in [6.45, 7) is 1.99. The third kappa shape index (κ3) is 1.35. The molecule has 0 fully saturated rings. The van der Waals surface area contributed by atoms with Crippen LogP contribution in [0.1, 0.15) is 22.8 Å². The Morgan fingerprint density at radius 3 is 3.07 bits per heavy atom. The van der Waals surface area contributed by atoms with Gasteiger partial charge in [0.2, 0.25) is 0 Å². The van der Waals surface area contributed by atoms with Crippen LogP contribution in [0.5, 0.6) is 5.75 Å². The zero-order chi connectivity index (χ0) is 10.1. The first-order chi connectivity index (χ1) is 6.72. The molecule has 0 saturated heterocycles. The molecule has 0 bridgehead atoms. The van der Waals surface area contributed by atoms with Crippen LogP contribution in [0.2, 0.25) is 0 Å². The van der Waals surface area contributed by atoms with Crippen molar-refractivity contribution in [3.63, 3.8) is 0 Å². The zero-order valence-corrected chi connectivity index (χ0v) is 8.24. The van der Waals surface area contributed by atoms with Crippen molar-refractivity contribution < 1.29 is 14.3 Å². The number of fused-ring (bicyclic) bond motifs is 1. The van der Waals surface area contributed by atoms with Crippen LogP contribution in [0.4, 0.5) is 0 Å². The first kappa shape index (κ1) is 9.06. The predicted octanol–water partition coefficient (Wildman–Crippen LogP) is 1.80. The highest BCUT2D eigenvalue weighted by Crippen LogP contribution is 2.31. The highest BCUT2D eigenvalue weighted by Gasteiger charge is 2.24. The van der Waals surface area contributed by atoms with Gasteiger partial charge in [0.15, 0.2) is 0 Å². The second kappa shape index (κ2) is 3.33. The maximum atomic E-state index is 11.4. The molecule has 0 spiro atoms. The van der Waals surface area contributed by atoms with Crippen LogP contribution in [0.3, 0.4) is 0 Å². The summed E-state index contributed by atoms with van der Waals surface area (Å²) < 4.78 is 10.2. The van der Waals surface area contributed by atoms with E-state index in [1.807, 2.05) is 19.1 Å². The molecule has 1 aromatic carbocycles. The Balaban J connectivity index is 2.44. The number of hydrogen-bond acceptors (Lipinski definition) is 3. The van der Waals surface area contributed by atoms with E-state index in [-0.39, 0.29) is 12.1 Å². The SMILES string of the molecule is COC(=O)c1cccc2c1CC(C)O2. The molecule has 0 N–H and O–H groups in total. The first-order valence-corrected chi connectivity index (χ1v) is 4.59. The number of rotatable bonds is 1. The molecule has 0 aromatic heterocycles. The molecule has 1 atom stereocenters. The van der Waals surface area contributed by atoms with Gasteiger partial charge in [0.1, 0.15) is 11.9 Å². The highest BCUT2D eigenvalue weighted by atomic mass is 16.5. The van der Waals surface area contributed by atoms with E-state index in [0.29, 0.717) is 5.56 Å². The smallest absolute Gasteiger partial charge is 0.338 e. The van der Waals surface area contributed by atoms with Crippen LogP contribution in [0, 0.1) is 0 Å². The van der Waals surface area contributed by atoms with Gasteiger partial charge in [-0.05, 0) is 19.1 Å². The van der Waals surface area contributed by atoms with Crippen LogP contribution in [0.25, 0.3) is 0 Å². The molecule has 1 heterocycles.